The Morgan fingerprint density at radius 1 is 1.50 bits per heavy atom. The number of hydrogen-bond acceptors (Lipinski definition) is 3. The Balaban J connectivity index is 2.04. The summed E-state index contributed by atoms with van der Waals surface area (Å²) in [5.41, 5.74) is 1.12. The molecule has 4 heteroatoms. The summed E-state index contributed by atoms with van der Waals surface area (Å²) >= 11 is 0. The Kier molecular flexibility index (Phi) is 3.51. The minimum absolute atomic E-state index is 0.221. The fourth-order valence-electron chi connectivity index (χ4n) is 2.06. The first-order chi connectivity index (χ1) is 7.81. The molecule has 0 radical (unpaired) electrons. The van der Waals surface area contributed by atoms with Crippen LogP contribution >= 0.6 is 0 Å². The second-order valence-corrected chi connectivity index (χ2v) is 4.02. The summed E-state index contributed by atoms with van der Waals surface area (Å²) in [6.45, 7) is 1.28. The summed E-state index contributed by atoms with van der Waals surface area (Å²) in [5.74, 6) is 0.221. The first-order valence-electron chi connectivity index (χ1n) is 5.48. The van der Waals surface area contributed by atoms with Crippen LogP contribution in [0.5, 0.6) is 0 Å². The molecule has 1 saturated heterocycles. The van der Waals surface area contributed by atoms with Crippen molar-refractivity contribution in [3.05, 3.63) is 30.1 Å². The number of rotatable bonds is 4. The SMILES string of the molecule is COC[C@@H]1CCC(=O)N1Cc1ccncc1. The van der Waals surface area contributed by atoms with Gasteiger partial charge in [-0.3, -0.25) is 9.78 Å². The van der Waals surface area contributed by atoms with Crippen molar-refractivity contribution in [3.63, 3.8) is 0 Å². The zero-order valence-electron chi connectivity index (χ0n) is 9.43. The van der Waals surface area contributed by atoms with Crippen LogP contribution in [0.3, 0.4) is 0 Å². The maximum Gasteiger partial charge on any atom is 0.223 e. The van der Waals surface area contributed by atoms with Crippen molar-refractivity contribution in [1.29, 1.82) is 0 Å². The van der Waals surface area contributed by atoms with Gasteiger partial charge in [0.15, 0.2) is 0 Å². The van der Waals surface area contributed by atoms with Gasteiger partial charge in [-0.2, -0.15) is 0 Å². The van der Waals surface area contributed by atoms with E-state index in [1.165, 1.54) is 0 Å². The van der Waals surface area contributed by atoms with Crippen LogP contribution in [0.4, 0.5) is 0 Å². The molecule has 16 heavy (non-hydrogen) atoms. The lowest BCUT2D eigenvalue weighted by atomic mass is 10.2. The molecule has 0 aliphatic carbocycles. The molecule has 0 bridgehead atoms. The fourth-order valence-corrected chi connectivity index (χ4v) is 2.06. The normalized spacial score (nSPS) is 20.4. The van der Waals surface area contributed by atoms with Gasteiger partial charge in [-0.25, -0.2) is 0 Å². The number of likely N-dealkylation sites (tertiary alicyclic amines) is 1. The van der Waals surface area contributed by atoms with Crippen molar-refractivity contribution < 1.29 is 9.53 Å². The number of amides is 1. The summed E-state index contributed by atoms with van der Waals surface area (Å²) in [6.07, 6.45) is 5.04. The average molecular weight is 220 g/mol. The van der Waals surface area contributed by atoms with Gasteiger partial charge < -0.3 is 9.64 Å². The van der Waals surface area contributed by atoms with Crippen LogP contribution < -0.4 is 0 Å². The summed E-state index contributed by atoms with van der Waals surface area (Å²) in [6, 6.07) is 4.11. The standard InChI is InChI=1S/C12H16N2O2/c1-16-9-11-2-3-12(15)14(11)8-10-4-6-13-7-5-10/h4-7,11H,2-3,8-9H2,1H3/t11-/m0/s1. The van der Waals surface area contributed by atoms with Crippen LogP contribution in [0, 0.1) is 0 Å². The number of carbonyl (C=O) groups excluding carboxylic acids is 1. The third-order valence-corrected chi connectivity index (χ3v) is 2.91. The minimum atomic E-state index is 0.221. The van der Waals surface area contributed by atoms with Crippen molar-refractivity contribution in [2.75, 3.05) is 13.7 Å². The predicted octanol–water partition coefficient (Wildman–Crippen LogP) is 1.22. The summed E-state index contributed by atoms with van der Waals surface area (Å²) in [5, 5.41) is 0. The molecule has 4 nitrogen and oxygen atoms in total. The van der Waals surface area contributed by atoms with Crippen LogP contribution in [0.1, 0.15) is 18.4 Å². The number of aromatic nitrogens is 1. The molecule has 1 aliphatic rings. The number of methoxy groups -OCH3 is 1. The van der Waals surface area contributed by atoms with Crippen LogP contribution in [0.25, 0.3) is 0 Å². The van der Waals surface area contributed by atoms with Gasteiger partial charge in [-0.05, 0) is 24.1 Å². The molecule has 0 saturated carbocycles. The highest BCUT2D eigenvalue weighted by Gasteiger charge is 2.30. The van der Waals surface area contributed by atoms with E-state index in [1.807, 2.05) is 17.0 Å². The van der Waals surface area contributed by atoms with Gasteiger partial charge in [0, 0.05) is 32.5 Å². The monoisotopic (exact) mass is 220 g/mol. The molecule has 0 aromatic carbocycles. The third kappa shape index (κ3) is 2.39. The number of carbonyl (C=O) groups is 1. The van der Waals surface area contributed by atoms with Gasteiger partial charge >= 0.3 is 0 Å². The molecule has 1 aliphatic heterocycles. The maximum atomic E-state index is 11.7. The smallest absolute Gasteiger partial charge is 0.223 e. The molecule has 1 aromatic rings. The lowest BCUT2D eigenvalue weighted by molar-refractivity contribution is -0.130. The summed E-state index contributed by atoms with van der Waals surface area (Å²) < 4.78 is 5.14. The van der Waals surface area contributed by atoms with E-state index >= 15 is 0 Å². The van der Waals surface area contributed by atoms with Crippen LogP contribution in [0.15, 0.2) is 24.5 Å². The van der Waals surface area contributed by atoms with Gasteiger partial charge in [0.25, 0.3) is 0 Å². The van der Waals surface area contributed by atoms with Gasteiger partial charge in [-0.15, -0.1) is 0 Å². The van der Waals surface area contributed by atoms with Gasteiger partial charge in [-0.1, -0.05) is 0 Å². The van der Waals surface area contributed by atoms with E-state index in [-0.39, 0.29) is 11.9 Å². The molecule has 1 atom stereocenters. The molecule has 86 valence electrons. The van der Waals surface area contributed by atoms with Crippen LogP contribution in [-0.2, 0) is 16.1 Å². The molecule has 0 unspecified atom stereocenters. The molecule has 2 heterocycles. The number of ether oxygens (including phenoxy) is 1. The first-order valence-corrected chi connectivity index (χ1v) is 5.48. The second-order valence-electron chi connectivity index (χ2n) is 4.02. The fraction of sp³-hybridized carbons (Fsp3) is 0.500. The zero-order valence-corrected chi connectivity index (χ0v) is 9.43. The van der Waals surface area contributed by atoms with Crippen molar-refractivity contribution >= 4 is 5.91 Å². The Morgan fingerprint density at radius 3 is 2.94 bits per heavy atom. The van der Waals surface area contributed by atoms with E-state index in [1.54, 1.807) is 19.5 Å². The molecule has 1 fully saturated rings. The first kappa shape index (κ1) is 11.1. The lowest BCUT2D eigenvalue weighted by Gasteiger charge is -2.24. The molecular formula is C12H16N2O2. The maximum absolute atomic E-state index is 11.7. The Labute approximate surface area is 95.2 Å². The molecule has 0 spiro atoms. The van der Waals surface area contributed by atoms with Crippen LogP contribution in [0.2, 0.25) is 0 Å². The van der Waals surface area contributed by atoms with E-state index in [4.69, 9.17) is 4.74 Å². The Bertz CT molecular complexity index is 353. The van der Waals surface area contributed by atoms with Gasteiger partial charge in [0.1, 0.15) is 0 Å². The van der Waals surface area contributed by atoms with Crippen molar-refractivity contribution in [3.8, 4) is 0 Å². The topological polar surface area (TPSA) is 42.4 Å². The molecule has 2 rings (SSSR count). The van der Waals surface area contributed by atoms with Crippen LogP contribution in [-0.4, -0.2) is 35.5 Å². The second kappa shape index (κ2) is 5.07. The average Bonchev–Trinajstić information content (AvgIpc) is 2.64. The van der Waals surface area contributed by atoms with E-state index in [0.717, 1.165) is 12.0 Å². The highest BCUT2D eigenvalue weighted by molar-refractivity contribution is 5.78. The molecule has 1 aromatic heterocycles. The summed E-state index contributed by atoms with van der Waals surface area (Å²) in [7, 11) is 1.67. The quantitative estimate of drug-likeness (QED) is 0.766. The van der Waals surface area contributed by atoms with Gasteiger partial charge in [0.05, 0.1) is 12.6 Å². The third-order valence-electron chi connectivity index (χ3n) is 2.91. The van der Waals surface area contributed by atoms with E-state index in [0.29, 0.717) is 19.6 Å². The van der Waals surface area contributed by atoms with Crippen molar-refractivity contribution in [2.45, 2.75) is 25.4 Å². The minimum Gasteiger partial charge on any atom is -0.383 e. The van der Waals surface area contributed by atoms with E-state index in [9.17, 15) is 4.79 Å². The number of nitrogens with zero attached hydrogens (tertiary/aromatic N) is 2. The molecule has 0 N–H and O–H groups in total. The lowest BCUT2D eigenvalue weighted by Crippen LogP contribution is -2.35. The van der Waals surface area contributed by atoms with Gasteiger partial charge in [0.2, 0.25) is 5.91 Å². The molecular weight excluding hydrogens is 204 g/mol. The van der Waals surface area contributed by atoms with E-state index < -0.39 is 0 Å². The Morgan fingerprint density at radius 2 is 2.25 bits per heavy atom. The molecule has 1 amide bonds. The van der Waals surface area contributed by atoms with E-state index in [2.05, 4.69) is 4.98 Å². The Hall–Kier alpha value is -1.42. The predicted molar refractivity (Wildman–Crippen MR) is 59.7 cm³/mol. The number of hydrogen-bond donors (Lipinski definition) is 0. The zero-order chi connectivity index (χ0) is 11.4. The van der Waals surface area contributed by atoms with Crippen molar-refractivity contribution in [2.24, 2.45) is 0 Å². The number of pyridine rings is 1. The highest BCUT2D eigenvalue weighted by atomic mass is 16.5. The highest BCUT2D eigenvalue weighted by Crippen LogP contribution is 2.21. The summed E-state index contributed by atoms with van der Waals surface area (Å²) in [4.78, 5) is 17.6. The largest absolute Gasteiger partial charge is 0.383 e. The van der Waals surface area contributed by atoms with Crippen molar-refractivity contribution in [1.82, 2.24) is 9.88 Å².